The molecule has 0 aliphatic carbocycles. The molecule has 0 saturated carbocycles. The van der Waals surface area contributed by atoms with Gasteiger partial charge in [0.25, 0.3) is 11.8 Å². The molecule has 1 aliphatic heterocycles. The molecule has 2 amide bonds. The molecular formula is C12H11BrFN3O3. The fourth-order valence-corrected chi connectivity index (χ4v) is 2.04. The number of carbonyl (C=O) groups is 2. The third-order valence-electron chi connectivity index (χ3n) is 2.57. The fraction of sp³-hybridized carbons (Fsp3) is 0.167. The van der Waals surface area contributed by atoms with Gasteiger partial charge in [-0.2, -0.15) is 5.06 Å². The summed E-state index contributed by atoms with van der Waals surface area (Å²) in [5.74, 6) is -1.64. The van der Waals surface area contributed by atoms with Crippen LogP contribution in [0.15, 0.2) is 36.0 Å². The van der Waals surface area contributed by atoms with Crippen LogP contribution in [0.4, 0.5) is 4.39 Å². The second-order valence-electron chi connectivity index (χ2n) is 4.03. The second kappa shape index (κ2) is 6.02. The summed E-state index contributed by atoms with van der Waals surface area (Å²) in [4.78, 5) is 23.2. The highest BCUT2D eigenvalue weighted by atomic mass is 79.9. The van der Waals surface area contributed by atoms with E-state index in [0.29, 0.717) is 10.6 Å². The van der Waals surface area contributed by atoms with Crippen LogP contribution in [-0.4, -0.2) is 27.2 Å². The van der Waals surface area contributed by atoms with Crippen molar-refractivity contribution in [3.8, 4) is 0 Å². The minimum absolute atomic E-state index is 0.0126. The van der Waals surface area contributed by atoms with Gasteiger partial charge in [-0.15, -0.1) is 0 Å². The highest BCUT2D eigenvalue weighted by molar-refractivity contribution is 9.09. The zero-order valence-electron chi connectivity index (χ0n) is 10.1. The van der Waals surface area contributed by atoms with Crippen molar-refractivity contribution in [2.75, 3.05) is 0 Å². The normalized spacial score (nSPS) is 18.4. The fourth-order valence-electron chi connectivity index (χ4n) is 1.59. The van der Waals surface area contributed by atoms with Crippen LogP contribution in [0, 0.1) is 5.82 Å². The van der Waals surface area contributed by atoms with Crippen LogP contribution in [-0.2, 0) is 16.1 Å². The number of rotatable bonds is 3. The average Bonchev–Trinajstić information content (AvgIpc) is 2.41. The van der Waals surface area contributed by atoms with Gasteiger partial charge in [0.15, 0.2) is 5.08 Å². The lowest BCUT2D eigenvalue weighted by Crippen LogP contribution is -2.49. The van der Waals surface area contributed by atoms with Crippen molar-refractivity contribution in [1.82, 2.24) is 15.7 Å². The monoisotopic (exact) mass is 343 g/mol. The SMILES string of the molecule is O=C(NCc1cccc(F)c1)C1=CC(=O)N(O)C(Br)N1. The molecule has 1 aromatic carbocycles. The highest BCUT2D eigenvalue weighted by Crippen LogP contribution is 2.11. The molecule has 0 spiro atoms. The van der Waals surface area contributed by atoms with Gasteiger partial charge in [0, 0.05) is 12.6 Å². The standard InChI is InChI=1S/C12H11BrFN3O3/c13-12-16-9(5-10(18)17(12)20)11(19)15-6-7-2-1-3-8(14)4-7/h1-5,12,16,20H,6H2,(H,15,19). The molecule has 8 heteroatoms. The van der Waals surface area contributed by atoms with Crippen molar-refractivity contribution >= 4 is 27.7 Å². The Bertz CT molecular complexity index is 579. The third kappa shape index (κ3) is 3.34. The van der Waals surface area contributed by atoms with E-state index in [1.54, 1.807) is 6.07 Å². The lowest BCUT2D eigenvalue weighted by molar-refractivity contribution is -0.165. The van der Waals surface area contributed by atoms with Gasteiger partial charge in [0.1, 0.15) is 11.5 Å². The van der Waals surface area contributed by atoms with Gasteiger partial charge in [0.2, 0.25) is 0 Å². The molecule has 1 atom stereocenters. The molecule has 1 heterocycles. The molecule has 0 bridgehead atoms. The molecule has 3 N–H and O–H groups in total. The average molecular weight is 344 g/mol. The summed E-state index contributed by atoms with van der Waals surface area (Å²) in [6, 6.07) is 5.81. The number of hydrogen-bond donors (Lipinski definition) is 3. The number of alkyl halides is 1. The maximum Gasteiger partial charge on any atom is 0.275 e. The minimum atomic E-state index is -0.880. The zero-order valence-corrected chi connectivity index (χ0v) is 11.7. The Labute approximate surface area is 122 Å². The van der Waals surface area contributed by atoms with Crippen LogP contribution in [0.3, 0.4) is 0 Å². The van der Waals surface area contributed by atoms with Crippen LogP contribution in [0.2, 0.25) is 0 Å². The first-order valence-electron chi connectivity index (χ1n) is 5.64. The van der Waals surface area contributed by atoms with Crippen LogP contribution in [0.25, 0.3) is 0 Å². The topological polar surface area (TPSA) is 81.7 Å². The predicted octanol–water partition coefficient (Wildman–Crippen LogP) is 0.825. The minimum Gasteiger partial charge on any atom is -0.350 e. The van der Waals surface area contributed by atoms with E-state index in [1.807, 2.05) is 0 Å². The first kappa shape index (κ1) is 14.5. The number of carbonyl (C=O) groups excluding carboxylic acids is 2. The van der Waals surface area contributed by atoms with Crippen molar-refractivity contribution in [2.45, 2.75) is 11.6 Å². The Kier molecular flexibility index (Phi) is 4.35. The quantitative estimate of drug-likeness (QED) is 0.431. The Balaban J connectivity index is 1.99. The lowest BCUT2D eigenvalue weighted by Gasteiger charge is -2.27. The van der Waals surface area contributed by atoms with Crippen molar-refractivity contribution in [3.05, 3.63) is 47.4 Å². The molecular weight excluding hydrogens is 333 g/mol. The highest BCUT2D eigenvalue weighted by Gasteiger charge is 2.27. The molecule has 1 unspecified atom stereocenters. The number of hydrogen-bond acceptors (Lipinski definition) is 4. The molecule has 0 saturated heterocycles. The van der Waals surface area contributed by atoms with E-state index >= 15 is 0 Å². The number of nitrogens with zero attached hydrogens (tertiary/aromatic N) is 1. The molecule has 0 aromatic heterocycles. The predicted molar refractivity (Wildman–Crippen MR) is 70.8 cm³/mol. The van der Waals surface area contributed by atoms with E-state index in [1.165, 1.54) is 18.2 Å². The molecule has 1 aromatic rings. The lowest BCUT2D eigenvalue weighted by atomic mass is 10.2. The number of halogens is 2. The van der Waals surface area contributed by atoms with Crippen molar-refractivity contribution in [1.29, 1.82) is 0 Å². The van der Waals surface area contributed by atoms with Gasteiger partial charge < -0.3 is 10.6 Å². The van der Waals surface area contributed by atoms with Crippen LogP contribution in [0.1, 0.15) is 5.56 Å². The number of benzene rings is 1. The zero-order chi connectivity index (χ0) is 14.7. The molecule has 2 rings (SSSR count). The van der Waals surface area contributed by atoms with E-state index in [0.717, 1.165) is 6.08 Å². The van der Waals surface area contributed by atoms with E-state index in [2.05, 4.69) is 26.6 Å². The smallest absolute Gasteiger partial charge is 0.275 e. The molecule has 20 heavy (non-hydrogen) atoms. The van der Waals surface area contributed by atoms with Gasteiger partial charge in [-0.25, -0.2) is 4.39 Å². The summed E-state index contributed by atoms with van der Waals surface area (Å²) in [7, 11) is 0. The van der Waals surface area contributed by atoms with E-state index in [4.69, 9.17) is 0 Å². The summed E-state index contributed by atoms with van der Waals surface area (Å²) in [5, 5.41) is 13.9. The summed E-state index contributed by atoms with van der Waals surface area (Å²) >= 11 is 2.98. The van der Waals surface area contributed by atoms with Crippen molar-refractivity contribution in [2.24, 2.45) is 0 Å². The first-order valence-corrected chi connectivity index (χ1v) is 6.56. The third-order valence-corrected chi connectivity index (χ3v) is 3.19. The molecule has 6 nitrogen and oxygen atoms in total. The Morgan fingerprint density at radius 2 is 2.30 bits per heavy atom. The summed E-state index contributed by atoms with van der Waals surface area (Å²) in [5.41, 5.74) is 0.610. The van der Waals surface area contributed by atoms with E-state index < -0.39 is 22.7 Å². The van der Waals surface area contributed by atoms with Gasteiger partial charge >= 0.3 is 0 Å². The van der Waals surface area contributed by atoms with E-state index in [9.17, 15) is 19.2 Å². The Hall–Kier alpha value is -1.93. The van der Waals surface area contributed by atoms with Crippen molar-refractivity contribution in [3.63, 3.8) is 0 Å². The first-order chi connectivity index (χ1) is 9.47. The number of amides is 2. The van der Waals surface area contributed by atoms with Gasteiger partial charge in [-0.3, -0.25) is 14.8 Å². The second-order valence-corrected chi connectivity index (χ2v) is 4.90. The van der Waals surface area contributed by atoms with Gasteiger partial charge in [-0.1, -0.05) is 12.1 Å². The van der Waals surface area contributed by atoms with Crippen LogP contribution in [0.5, 0.6) is 0 Å². The molecule has 0 radical (unpaired) electrons. The van der Waals surface area contributed by atoms with Gasteiger partial charge in [-0.05, 0) is 33.6 Å². The maximum atomic E-state index is 13.0. The van der Waals surface area contributed by atoms with Crippen LogP contribution >= 0.6 is 15.9 Å². The number of hydroxylamine groups is 2. The molecule has 106 valence electrons. The van der Waals surface area contributed by atoms with Crippen LogP contribution < -0.4 is 10.6 Å². The Morgan fingerprint density at radius 3 is 2.95 bits per heavy atom. The summed E-state index contributed by atoms with van der Waals surface area (Å²) < 4.78 is 13.0. The Morgan fingerprint density at radius 1 is 1.55 bits per heavy atom. The molecule has 1 aliphatic rings. The summed E-state index contributed by atoms with van der Waals surface area (Å²) in [6.07, 6.45) is 0.971. The molecule has 0 fully saturated rings. The van der Waals surface area contributed by atoms with Gasteiger partial charge in [0.05, 0.1) is 0 Å². The summed E-state index contributed by atoms with van der Waals surface area (Å²) in [6.45, 7) is 0.125. The van der Waals surface area contributed by atoms with Crippen molar-refractivity contribution < 1.29 is 19.2 Å². The largest absolute Gasteiger partial charge is 0.350 e. The number of nitrogens with one attached hydrogen (secondary N) is 2. The maximum absolute atomic E-state index is 13.0. The van der Waals surface area contributed by atoms with E-state index in [-0.39, 0.29) is 12.2 Å².